The molecule has 1 fully saturated rings. The molecule has 1 aliphatic carbocycles. The summed E-state index contributed by atoms with van der Waals surface area (Å²) in [7, 11) is 0. The topological polar surface area (TPSA) is 0 Å². The maximum Gasteiger partial charge on any atom is 0.194 e. The van der Waals surface area contributed by atoms with Gasteiger partial charge in [0, 0.05) is 0 Å². The van der Waals surface area contributed by atoms with Gasteiger partial charge in [0.2, 0.25) is 0 Å². The minimum Gasteiger partial charge on any atom is -0.204 e. The Morgan fingerprint density at radius 1 is 0.808 bits per heavy atom. The van der Waals surface area contributed by atoms with Crippen molar-refractivity contribution in [2.45, 2.75) is 64.2 Å². The first-order valence-corrected chi connectivity index (χ1v) is 9.79. The number of hydrogen-bond donors (Lipinski definition) is 0. The van der Waals surface area contributed by atoms with Crippen molar-refractivity contribution < 1.29 is 13.2 Å². The minimum absolute atomic E-state index is 0.224. The van der Waals surface area contributed by atoms with E-state index in [1.807, 2.05) is 0 Å². The van der Waals surface area contributed by atoms with Crippen LogP contribution in [-0.4, -0.2) is 0 Å². The number of hydrogen-bond acceptors (Lipinski definition) is 0. The summed E-state index contributed by atoms with van der Waals surface area (Å²) in [6, 6.07) is 10.9. The van der Waals surface area contributed by atoms with Gasteiger partial charge in [-0.25, -0.2) is 13.2 Å². The molecule has 3 heteroatoms. The summed E-state index contributed by atoms with van der Waals surface area (Å²) in [6.45, 7) is 2.26. The number of benzene rings is 2. The van der Waals surface area contributed by atoms with E-state index in [1.165, 1.54) is 50.2 Å². The molecule has 0 spiro atoms. The van der Waals surface area contributed by atoms with Crippen LogP contribution >= 0.6 is 0 Å². The van der Waals surface area contributed by atoms with Gasteiger partial charge in [-0.2, -0.15) is 0 Å². The van der Waals surface area contributed by atoms with Crippen molar-refractivity contribution in [1.82, 2.24) is 0 Å². The molecule has 0 aliphatic heterocycles. The average molecular weight is 360 g/mol. The van der Waals surface area contributed by atoms with E-state index in [-0.39, 0.29) is 5.56 Å². The highest BCUT2D eigenvalue weighted by molar-refractivity contribution is 5.27. The van der Waals surface area contributed by atoms with Crippen molar-refractivity contribution in [2.75, 3.05) is 0 Å². The van der Waals surface area contributed by atoms with Gasteiger partial charge in [-0.05, 0) is 73.1 Å². The predicted molar refractivity (Wildman–Crippen MR) is 99.8 cm³/mol. The first-order valence-electron chi connectivity index (χ1n) is 9.79. The van der Waals surface area contributed by atoms with Crippen LogP contribution in [-0.2, 0) is 12.8 Å². The molecule has 26 heavy (non-hydrogen) atoms. The maximum atomic E-state index is 13.7. The predicted octanol–water partition coefficient (Wildman–Crippen LogP) is 6.96. The molecule has 0 bridgehead atoms. The van der Waals surface area contributed by atoms with Crippen LogP contribution < -0.4 is 0 Å². The molecule has 140 valence electrons. The van der Waals surface area contributed by atoms with Crippen LogP contribution in [0.3, 0.4) is 0 Å². The number of aryl methyl sites for hydroxylation is 2. The molecular formula is C23H27F3. The quantitative estimate of drug-likeness (QED) is 0.488. The van der Waals surface area contributed by atoms with Gasteiger partial charge < -0.3 is 0 Å². The van der Waals surface area contributed by atoms with E-state index in [1.54, 1.807) is 0 Å². The van der Waals surface area contributed by atoms with E-state index >= 15 is 0 Å². The lowest BCUT2D eigenvalue weighted by Gasteiger charge is -2.28. The van der Waals surface area contributed by atoms with Crippen LogP contribution in [0.4, 0.5) is 13.2 Å². The van der Waals surface area contributed by atoms with E-state index in [2.05, 4.69) is 31.2 Å². The molecule has 0 atom stereocenters. The van der Waals surface area contributed by atoms with E-state index in [9.17, 15) is 13.2 Å². The monoisotopic (exact) mass is 360 g/mol. The molecule has 0 N–H and O–H groups in total. The van der Waals surface area contributed by atoms with Crippen molar-refractivity contribution in [3.8, 4) is 0 Å². The largest absolute Gasteiger partial charge is 0.204 e. The number of halogens is 3. The van der Waals surface area contributed by atoms with Crippen molar-refractivity contribution >= 4 is 0 Å². The first kappa shape index (κ1) is 19.0. The summed E-state index contributed by atoms with van der Waals surface area (Å²) < 4.78 is 40.0. The lowest BCUT2D eigenvalue weighted by Crippen LogP contribution is -2.13. The fourth-order valence-electron chi connectivity index (χ4n) is 4.19. The molecule has 2 aromatic rings. The highest BCUT2D eigenvalue weighted by Crippen LogP contribution is 2.37. The summed E-state index contributed by atoms with van der Waals surface area (Å²) in [5, 5.41) is 0. The van der Waals surface area contributed by atoms with Gasteiger partial charge >= 0.3 is 0 Å². The Labute approximate surface area is 154 Å². The SMILES string of the molecule is CCC[C@H]1CC[C@H](c2ccc(CCc3ccc(F)c(F)c3F)cc2)CC1. The Balaban J connectivity index is 1.56. The Bertz CT molecular complexity index is 713. The second-order valence-corrected chi connectivity index (χ2v) is 7.58. The zero-order valence-electron chi connectivity index (χ0n) is 15.4. The fourth-order valence-corrected chi connectivity index (χ4v) is 4.19. The normalized spacial score (nSPS) is 20.3. The molecule has 0 radical (unpaired) electrons. The van der Waals surface area contributed by atoms with Gasteiger partial charge in [0.15, 0.2) is 17.5 Å². The van der Waals surface area contributed by atoms with Crippen molar-refractivity contribution in [3.63, 3.8) is 0 Å². The van der Waals surface area contributed by atoms with Crippen molar-refractivity contribution in [1.29, 1.82) is 0 Å². The standard InChI is InChI=1S/C23H27F3/c1-2-3-16-4-9-18(10-5-16)19-11-6-17(7-12-19)8-13-20-14-15-21(24)23(26)22(20)25/h6-7,11-12,14-16,18H,2-5,8-10,13H2,1H3/t16-,18-. The Morgan fingerprint density at radius 2 is 1.50 bits per heavy atom. The van der Waals surface area contributed by atoms with Gasteiger partial charge in [0.25, 0.3) is 0 Å². The van der Waals surface area contributed by atoms with Crippen molar-refractivity contribution in [3.05, 3.63) is 70.5 Å². The molecule has 2 aromatic carbocycles. The minimum atomic E-state index is -1.38. The Kier molecular flexibility index (Phi) is 6.39. The third-order valence-corrected chi connectivity index (χ3v) is 5.79. The highest BCUT2D eigenvalue weighted by Gasteiger charge is 2.21. The van der Waals surface area contributed by atoms with E-state index in [0.29, 0.717) is 18.8 Å². The Morgan fingerprint density at radius 3 is 2.15 bits per heavy atom. The fraction of sp³-hybridized carbons (Fsp3) is 0.478. The molecule has 1 aliphatic rings. The third-order valence-electron chi connectivity index (χ3n) is 5.79. The van der Waals surface area contributed by atoms with Gasteiger partial charge in [-0.3, -0.25) is 0 Å². The lowest BCUT2D eigenvalue weighted by molar-refractivity contribution is 0.308. The van der Waals surface area contributed by atoms with E-state index in [4.69, 9.17) is 0 Å². The smallest absolute Gasteiger partial charge is 0.194 e. The molecule has 0 amide bonds. The van der Waals surface area contributed by atoms with Crippen LogP contribution in [0.5, 0.6) is 0 Å². The summed E-state index contributed by atoms with van der Waals surface area (Å²) in [4.78, 5) is 0. The molecule has 0 aromatic heterocycles. The summed E-state index contributed by atoms with van der Waals surface area (Å²) >= 11 is 0. The van der Waals surface area contributed by atoms with Crippen LogP contribution in [0.15, 0.2) is 36.4 Å². The molecule has 0 heterocycles. The van der Waals surface area contributed by atoms with Crippen LogP contribution in [0.2, 0.25) is 0 Å². The number of rotatable bonds is 6. The Hall–Kier alpha value is -1.77. The lowest BCUT2D eigenvalue weighted by atomic mass is 9.77. The van der Waals surface area contributed by atoms with Gasteiger partial charge in [0.1, 0.15) is 0 Å². The molecule has 0 unspecified atom stereocenters. The van der Waals surface area contributed by atoms with Gasteiger partial charge in [-0.1, -0.05) is 50.1 Å². The summed E-state index contributed by atoms with van der Waals surface area (Å²) in [6.07, 6.45) is 8.81. The molecule has 3 rings (SSSR count). The van der Waals surface area contributed by atoms with Gasteiger partial charge in [0.05, 0.1) is 0 Å². The second kappa shape index (κ2) is 8.75. The zero-order valence-corrected chi connectivity index (χ0v) is 15.4. The molecular weight excluding hydrogens is 333 g/mol. The van der Waals surface area contributed by atoms with Crippen LogP contribution in [0.1, 0.15) is 68.1 Å². The van der Waals surface area contributed by atoms with Crippen molar-refractivity contribution in [2.24, 2.45) is 5.92 Å². The summed E-state index contributed by atoms with van der Waals surface area (Å²) in [5.41, 5.74) is 2.71. The zero-order chi connectivity index (χ0) is 18.5. The third kappa shape index (κ3) is 4.49. The first-order chi connectivity index (χ1) is 12.6. The molecule has 0 saturated heterocycles. The average Bonchev–Trinajstić information content (AvgIpc) is 2.67. The molecule has 0 nitrogen and oxygen atoms in total. The van der Waals surface area contributed by atoms with Crippen LogP contribution in [0.25, 0.3) is 0 Å². The summed E-state index contributed by atoms with van der Waals surface area (Å²) in [5.74, 6) is -2.02. The van der Waals surface area contributed by atoms with E-state index < -0.39 is 17.5 Å². The van der Waals surface area contributed by atoms with Gasteiger partial charge in [-0.15, -0.1) is 0 Å². The maximum absolute atomic E-state index is 13.7. The highest BCUT2D eigenvalue weighted by atomic mass is 19.2. The molecule has 1 saturated carbocycles. The van der Waals surface area contributed by atoms with E-state index in [0.717, 1.165) is 17.5 Å². The second-order valence-electron chi connectivity index (χ2n) is 7.58. The van der Waals surface area contributed by atoms with Crippen LogP contribution in [0, 0.1) is 23.4 Å².